The van der Waals surface area contributed by atoms with Gasteiger partial charge in [0.2, 0.25) is 5.91 Å². The fourth-order valence-electron chi connectivity index (χ4n) is 1.81. The van der Waals surface area contributed by atoms with Crippen molar-refractivity contribution >= 4 is 11.9 Å². The quantitative estimate of drug-likeness (QED) is 0.553. The fraction of sp³-hybridized carbons (Fsp3) is 0.800. The summed E-state index contributed by atoms with van der Waals surface area (Å²) in [5, 5.41) is 11.3. The maximum Gasteiger partial charge on any atom is 0.321 e. The molecule has 6 nitrogen and oxygen atoms in total. The van der Waals surface area contributed by atoms with Crippen molar-refractivity contribution in [2.45, 2.75) is 18.9 Å². The molecule has 16 heavy (non-hydrogen) atoms. The highest BCUT2D eigenvalue weighted by molar-refractivity contribution is 5.84. The number of hydrogen-bond donors (Lipinski definition) is 3. The molecule has 1 amide bonds. The Bertz CT molecular complexity index is 270. The van der Waals surface area contributed by atoms with Gasteiger partial charge in [-0.05, 0) is 25.9 Å². The first kappa shape index (κ1) is 12.9. The molecule has 2 unspecified atom stereocenters. The summed E-state index contributed by atoms with van der Waals surface area (Å²) < 4.78 is 0. The van der Waals surface area contributed by atoms with Gasteiger partial charge in [-0.15, -0.1) is 0 Å². The van der Waals surface area contributed by atoms with Crippen molar-refractivity contribution in [2.24, 2.45) is 11.7 Å². The highest BCUT2D eigenvalue weighted by Crippen LogP contribution is 2.12. The van der Waals surface area contributed by atoms with Crippen LogP contribution in [0.5, 0.6) is 0 Å². The number of amides is 1. The molecular weight excluding hydrogens is 210 g/mol. The van der Waals surface area contributed by atoms with Gasteiger partial charge in [-0.1, -0.05) is 0 Å². The van der Waals surface area contributed by atoms with Gasteiger partial charge in [0, 0.05) is 13.1 Å². The number of carboxylic acid groups (broad SMARTS) is 1. The van der Waals surface area contributed by atoms with Crippen LogP contribution in [0.15, 0.2) is 0 Å². The van der Waals surface area contributed by atoms with Crippen LogP contribution in [0.3, 0.4) is 0 Å². The van der Waals surface area contributed by atoms with Crippen LogP contribution < -0.4 is 11.1 Å². The second-order valence-electron chi connectivity index (χ2n) is 4.37. The van der Waals surface area contributed by atoms with E-state index >= 15 is 0 Å². The molecule has 1 aliphatic heterocycles. The van der Waals surface area contributed by atoms with Gasteiger partial charge >= 0.3 is 5.97 Å². The molecule has 0 aromatic rings. The second-order valence-corrected chi connectivity index (χ2v) is 4.37. The smallest absolute Gasteiger partial charge is 0.321 e. The van der Waals surface area contributed by atoms with Gasteiger partial charge in [0.1, 0.15) is 6.04 Å². The molecule has 1 fully saturated rings. The molecule has 0 aromatic carbocycles. The topological polar surface area (TPSA) is 95.7 Å². The molecule has 0 aromatic heterocycles. The van der Waals surface area contributed by atoms with Gasteiger partial charge in [0.15, 0.2) is 0 Å². The second kappa shape index (κ2) is 5.81. The molecule has 1 saturated heterocycles. The Hall–Kier alpha value is -1.14. The molecule has 0 radical (unpaired) electrons. The molecule has 0 spiro atoms. The third-order valence-corrected chi connectivity index (χ3v) is 2.80. The van der Waals surface area contributed by atoms with Gasteiger partial charge in [-0.3, -0.25) is 9.59 Å². The van der Waals surface area contributed by atoms with E-state index in [4.69, 9.17) is 10.8 Å². The molecule has 1 rings (SSSR count). The molecule has 1 aliphatic rings. The van der Waals surface area contributed by atoms with E-state index in [9.17, 15) is 9.59 Å². The van der Waals surface area contributed by atoms with Crippen molar-refractivity contribution in [3.63, 3.8) is 0 Å². The summed E-state index contributed by atoms with van der Waals surface area (Å²) in [7, 11) is 2.04. The zero-order chi connectivity index (χ0) is 12.1. The lowest BCUT2D eigenvalue weighted by molar-refractivity contribution is -0.140. The first-order valence-electron chi connectivity index (χ1n) is 5.42. The van der Waals surface area contributed by atoms with Crippen molar-refractivity contribution in [1.82, 2.24) is 10.2 Å². The number of aliphatic carboxylic acids is 1. The third kappa shape index (κ3) is 4.16. The Balaban J connectivity index is 2.17. The Kier molecular flexibility index (Phi) is 4.70. The van der Waals surface area contributed by atoms with Gasteiger partial charge in [-0.25, -0.2) is 0 Å². The van der Waals surface area contributed by atoms with Crippen LogP contribution in [0.25, 0.3) is 0 Å². The minimum absolute atomic E-state index is 0.155. The van der Waals surface area contributed by atoms with E-state index in [-0.39, 0.29) is 12.3 Å². The first-order valence-corrected chi connectivity index (χ1v) is 5.42. The zero-order valence-corrected chi connectivity index (χ0v) is 9.48. The van der Waals surface area contributed by atoms with Crippen LogP contribution >= 0.6 is 0 Å². The summed E-state index contributed by atoms with van der Waals surface area (Å²) in [5.41, 5.74) is 5.25. The van der Waals surface area contributed by atoms with Gasteiger partial charge in [0.05, 0.1) is 6.42 Å². The maximum absolute atomic E-state index is 11.3. The highest BCUT2D eigenvalue weighted by atomic mass is 16.4. The van der Waals surface area contributed by atoms with Gasteiger partial charge in [0.25, 0.3) is 0 Å². The standard InChI is InChI=1S/C10H19N3O3/c1-13-3-2-7(6-13)5-12-9(14)4-8(11)10(15)16/h7-8H,2-6,11H2,1H3,(H,12,14)(H,15,16). The van der Waals surface area contributed by atoms with Gasteiger partial charge in [-0.2, -0.15) is 0 Å². The van der Waals surface area contributed by atoms with E-state index in [0.29, 0.717) is 12.5 Å². The predicted octanol–water partition coefficient (Wildman–Crippen LogP) is -1.14. The molecular formula is C10H19N3O3. The van der Waals surface area contributed by atoms with E-state index in [1.54, 1.807) is 0 Å². The Morgan fingerprint density at radius 3 is 2.81 bits per heavy atom. The van der Waals surface area contributed by atoms with E-state index in [2.05, 4.69) is 10.2 Å². The van der Waals surface area contributed by atoms with Crippen molar-refractivity contribution in [3.8, 4) is 0 Å². The van der Waals surface area contributed by atoms with E-state index in [1.807, 2.05) is 7.05 Å². The minimum Gasteiger partial charge on any atom is -0.480 e. The average Bonchev–Trinajstić information content (AvgIpc) is 2.61. The number of hydrogen-bond acceptors (Lipinski definition) is 4. The molecule has 0 aliphatic carbocycles. The van der Waals surface area contributed by atoms with Crippen LogP contribution in [0, 0.1) is 5.92 Å². The molecule has 0 bridgehead atoms. The van der Waals surface area contributed by atoms with Gasteiger partial charge < -0.3 is 21.1 Å². The van der Waals surface area contributed by atoms with E-state index in [0.717, 1.165) is 19.5 Å². The summed E-state index contributed by atoms with van der Waals surface area (Å²) in [6.07, 6.45) is 0.916. The summed E-state index contributed by atoms with van der Waals surface area (Å²) in [5.74, 6) is -0.963. The fourth-order valence-corrected chi connectivity index (χ4v) is 1.81. The van der Waals surface area contributed by atoms with E-state index < -0.39 is 12.0 Å². The summed E-state index contributed by atoms with van der Waals surface area (Å²) in [6, 6.07) is -1.11. The lowest BCUT2D eigenvalue weighted by Crippen LogP contribution is -2.38. The lowest BCUT2D eigenvalue weighted by Gasteiger charge is -2.12. The summed E-state index contributed by atoms with van der Waals surface area (Å²) >= 11 is 0. The Morgan fingerprint density at radius 1 is 1.62 bits per heavy atom. The van der Waals surface area contributed by atoms with Crippen LogP contribution in [-0.4, -0.2) is 54.6 Å². The molecule has 0 saturated carbocycles. The number of carboxylic acids is 1. The number of carbonyl (C=O) groups excluding carboxylic acids is 1. The number of carbonyl (C=O) groups is 2. The number of nitrogens with one attached hydrogen (secondary N) is 1. The molecule has 92 valence electrons. The maximum atomic E-state index is 11.3. The normalized spacial score (nSPS) is 23.0. The van der Waals surface area contributed by atoms with Crippen LogP contribution in [0.1, 0.15) is 12.8 Å². The number of nitrogens with zero attached hydrogens (tertiary/aromatic N) is 1. The predicted molar refractivity (Wildman–Crippen MR) is 58.8 cm³/mol. The largest absolute Gasteiger partial charge is 0.480 e. The van der Waals surface area contributed by atoms with Crippen molar-refractivity contribution < 1.29 is 14.7 Å². The average molecular weight is 229 g/mol. The van der Waals surface area contributed by atoms with Crippen LogP contribution in [0.4, 0.5) is 0 Å². The van der Waals surface area contributed by atoms with E-state index in [1.165, 1.54) is 0 Å². The molecule has 1 heterocycles. The minimum atomic E-state index is -1.14. The molecule has 2 atom stereocenters. The van der Waals surface area contributed by atoms with Crippen LogP contribution in [-0.2, 0) is 9.59 Å². The Morgan fingerprint density at radius 2 is 2.31 bits per heavy atom. The van der Waals surface area contributed by atoms with Crippen molar-refractivity contribution in [1.29, 1.82) is 0 Å². The first-order chi connectivity index (χ1) is 7.49. The zero-order valence-electron chi connectivity index (χ0n) is 9.48. The monoisotopic (exact) mass is 229 g/mol. The number of rotatable bonds is 5. The SMILES string of the molecule is CN1CCC(CNC(=O)CC(N)C(=O)O)C1. The number of nitrogens with two attached hydrogens (primary N) is 1. The lowest BCUT2D eigenvalue weighted by atomic mass is 10.1. The third-order valence-electron chi connectivity index (χ3n) is 2.80. The highest BCUT2D eigenvalue weighted by Gasteiger charge is 2.21. The summed E-state index contributed by atoms with van der Waals surface area (Å²) in [4.78, 5) is 24.0. The summed E-state index contributed by atoms with van der Waals surface area (Å²) in [6.45, 7) is 2.63. The van der Waals surface area contributed by atoms with Crippen molar-refractivity contribution in [2.75, 3.05) is 26.7 Å². The van der Waals surface area contributed by atoms with Crippen molar-refractivity contribution in [3.05, 3.63) is 0 Å². The van der Waals surface area contributed by atoms with Crippen LogP contribution in [0.2, 0.25) is 0 Å². The molecule has 6 heteroatoms. The number of likely N-dealkylation sites (tertiary alicyclic amines) is 1. The Labute approximate surface area is 94.8 Å². The molecule has 4 N–H and O–H groups in total.